The molecule has 80 valence electrons. The molecule has 0 heterocycles. The molecule has 13 heavy (non-hydrogen) atoms. The first kappa shape index (κ1) is 16.6. The molecule has 2 nitrogen and oxygen atoms in total. The topological polar surface area (TPSA) is 35.2 Å². The van der Waals surface area contributed by atoms with Gasteiger partial charge in [-0.2, -0.15) is 0 Å². The Morgan fingerprint density at radius 2 is 1.85 bits per heavy atom. The molecule has 1 unspecified atom stereocenters. The third-order valence-electron chi connectivity index (χ3n) is 1.63. The van der Waals surface area contributed by atoms with Crippen molar-refractivity contribution in [1.29, 1.82) is 0 Å². The fourth-order valence-corrected chi connectivity index (χ4v) is 5.77. The third-order valence-corrected chi connectivity index (χ3v) is 7.14. The van der Waals surface area contributed by atoms with Crippen LogP contribution in [0.1, 0.15) is 33.6 Å². The second-order valence-corrected chi connectivity index (χ2v) is 9.85. The maximum absolute atomic E-state index is 5.79. The Labute approximate surface area is 101 Å². The van der Waals surface area contributed by atoms with E-state index in [1.165, 1.54) is 10.9 Å². The van der Waals surface area contributed by atoms with Crippen LogP contribution >= 0.6 is 0 Å². The zero-order valence-corrected chi connectivity index (χ0v) is 13.6. The smallest absolute Gasteiger partial charge is 1.00 e. The summed E-state index contributed by atoms with van der Waals surface area (Å²) >= 11 is -1.40. The Bertz CT molecular complexity index is 112. The number of hydrogen-bond donors (Lipinski definition) is 1. The molecule has 0 radical (unpaired) electrons. The van der Waals surface area contributed by atoms with Gasteiger partial charge in [-0.3, -0.25) is 0 Å². The SMILES string of the molecule is CC(N)CC[CH2][Sn+]([CH3])[O]C(C)C.[Br-]. The number of rotatable bonds is 6. The van der Waals surface area contributed by atoms with Crippen LogP contribution < -0.4 is 22.7 Å². The van der Waals surface area contributed by atoms with E-state index in [-0.39, 0.29) is 17.0 Å². The summed E-state index contributed by atoms with van der Waals surface area (Å²) in [5.41, 5.74) is 5.66. The van der Waals surface area contributed by atoms with E-state index < -0.39 is 20.2 Å². The van der Waals surface area contributed by atoms with Gasteiger partial charge in [-0.1, -0.05) is 0 Å². The summed E-state index contributed by atoms with van der Waals surface area (Å²) in [7, 11) is 0. The fraction of sp³-hybridized carbons (Fsp3) is 1.00. The standard InChI is InChI=1S/C5H12N.C3H7O.CH3.BrH.Sn/c1-3-4-5(2)6;1-3(2)4;;;/h5H,1,3-4,6H2,2H3;3H,1-2H3;1H3;1H;/q;-1;;;+2/p-1. The van der Waals surface area contributed by atoms with Crippen molar-refractivity contribution in [2.75, 3.05) is 0 Å². The van der Waals surface area contributed by atoms with Gasteiger partial charge in [0.1, 0.15) is 0 Å². The Balaban J connectivity index is 0. The van der Waals surface area contributed by atoms with E-state index in [0.717, 1.165) is 6.42 Å². The summed E-state index contributed by atoms with van der Waals surface area (Å²) in [5.74, 6) is 0. The maximum atomic E-state index is 5.79. The van der Waals surface area contributed by atoms with Gasteiger partial charge in [0.05, 0.1) is 0 Å². The Hall–Kier alpha value is 1.20. The van der Waals surface area contributed by atoms with E-state index in [1.54, 1.807) is 0 Å². The van der Waals surface area contributed by atoms with E-state index in [4.69, 9.17) is 8.81 Å². The Morgan fingerprint density at radius 3 is 2.23 bits per heavy atom. The van der Waals surface area contributed by atoms with Crippen LogP contribution in [0.5, 0.6) is 0 Å². The van der Waals surface area contributed by atoms with Crippen molar-refractivity contribution >= 4 is 20.2 Å². The minimum Gasteiger partial charge on any atom is -1.00 e. The second kappa shape index (κ2) is 9.74. The normalized spacial score (nSPS) is 12.5. The largest absolute Gasteiger partial charge is 1.00 e. The third kappa shape index (κ3) is 13.2. The first-order valence-corrected chi connectivity index (χ1v) is 10.8. The molecule has 0 rings (SSSR count). The summed E-state index contributed by atoms with van der Waals surface area (Å²) in [5, 5.41) is 0. The molecular weight excluding hydrogens is 337 g/mol. The van der Waals surface area contributed by atoms with E-state index in [9.17, 15) is 0 Å². The van der Waals surface area contributed by atoms with Crippen molar-refractivity contribution in [3.8, 4) is 0 Å². The predicted octanol–water partition coefficient (Wildman–Crippen LogP) is -0.836. The van der Waals surface area contributed by atoms with Crippen molar-refractivity contribution in [3.05, 3.63) is 0 Å². The van der Waals surface area contributed by atoms with Crippen molar-refractivity contribution in [1.82, 2.24) is 0 Å². The average molecular weight is 359 g/mol. The molecule has 2 N–H and O–H groups in total. The van der Waals surface area contributed by atoms with E-state index in [2.05, 4.69) is 25.7 Å². The van der Waals surface area contributed by atoms with Crippen molar-refractivity contribution in [3.63, 3.8) is 0 Å². The van der Waals surface area contributed by atoms with E-state index >= 15 is 0 Å². The van der Waals surface area contributed by atoms with Gasteiger partial charge in [0.25, 0.3) is 0 Å². The molecule has 0 aliphatic rings. The minimum atomic E-state index is -1.40. The molecule has 0 bridgehead atoms. The van der Waals surface area contributed by atoms with Crippen molar-refractivity contribution < 1.29 is 20.1 Å². The van der Waals surface area contributed by atoms with Gasteiger partial charge in [-0.25, -0.2) is 0 Å². The van der Waals surface area contributed by atoms with Crippen molar-refractivity contribution in [2.24, 2.45) is 5.73 Å². The van der Waals surface area contributed by atoms with Crippen LogP contribution in [-0.2, 0) is 3.07 Å². The van der Waals surface area contributed by atoms with Gasteiger partial charge in [0, 0.05) is 0 Å². The fourth-order valence-electron chi connectivity index (χ4n) is 1.13. The van der Waals surface area contributed by atoms with Crippen LogP contribution in [0.2, 0.25) is 9.38 Å². The van der Waals surface area contributed by atoms with Gasteiger partial charge >= 0.3 is 84.1 Å². The van der Waals surface area contributed by atoms with Crippen LogP contribution in [0.4, 0.5) is 0 Å². The molecule has 0 aromatic heterocycles. The summed E-state index contributed by atoms with van der Waals surface area (Å²) in [4.78, 5) is 2.32. The summed E-state index contributed by atoms with van der Waals surface area (Å²) in [6.45, 7) is 6.31. The molecule has 0 spiro atoms. The zero-order valence-electron chi connectivity index (χ0n) is 9.14. The molecule has 0 aliphatic heterocycles. The molecule has 0 fully saturated rings. The van der Waals surface area contributed by atoms with Crippen LogP contribution in [0.15, 0.2) is 0 Å². The second-order valence-electron chi connectivity index (χ2n) is 3.74. The van der Waals surface area contributed by atoms with Crippen LogP contribution in [0.25, 0.3) is 0 Å². The van der Waals surface area contributed by atoms with Crippen LogP contribution in [0, 0.1) is 0 Å². The summed E-state index contributed by atoms with van der Waals surface area (Å²) < 4.78 is 7.11. The predicted molar refractivity (Wildman–Crippen MR) is 55.5 cm³/mol. The van der Waals surface area contributed by atoms with Crippen molar-refractivity contribution in [2.45, 2.75) is 55.1 Å². The molecule has 0 aromatic carbocycles. The molecule has 0 aromatic rings. The first-order chi connectivity index (χ1) is 5.52. The Morgan fingerprint density at radius 1 is 1.31 bits per heavy atom. The van der Waals surface area contributed by atoms with E-state index in [0.29, 0.717) is 12.1 Å². The molecule has 4 heteroatoms. The summed E-state index contributed by atoms with van der Waals surface area (Å²) in [6, 6.07) is 0.361. The first-order valence-electron chi connectivity index (χ1n) is 4.77. The van der Waals surface area contributed by atoms with Crippen LogP contribution in [0.3, 0.4) is 0 Å². The zero-order chi connectivity index (χ0) is 9.56. The quantitative estimate of drug-likeness (QED) is 0.629. The van der Waals surface area contributed by atoms with Crippen LogP contribution in [-0.4, -0.2) is 32.3 Å². The van der Waals surface area contributed by atoms with E-state index in [1.807, 2.05) is 0 Å². The molecule has 0 aliphatic carbocycles. The van der Waals surface area contributed by atoms with Gasteiger partial charge in [-0.15, -0.1) is 0 Å². The van der Waals surface area contributed by atoms with Gasteiger partial charge in [-0.05, 0) is 0 Å². The monoisotopic (exact) mass is 359 g/mol. The van der Waals surface area contributed by atoms with Gasteiger partial charge in [0.2, 0.25) is 0 Å². The Kier molecular flexibility index (Phi) is 12.5. The molecule has 0 saturated heterocycles. The van der Waals surface area contributed by atoms with Gasteiger partial charge in [0.15, 0.2) is 0 Å². The molecule has 0 amide bonds. The maximum Gasteiger partial charge on any atom is -1.00 e. The number of nitrogens with two attached hydrogens (primary N) is 1. The number of halogens is 1. The molecule has 1 atom stereocenters. The molecular formula is C9H22BrNOSn. The average Bonchev–Trinajstić information content (AvgIpc) is 1.84. The minimum absolute atomic E-state index is 0. The molecule has 0 saturated carbocycles. The summed E-state index contributed by atoms with van der Waals surface area (Å²) in [6.07, 6.45) is 2.84. The number of hydrogen-bond acceptors (Lipinski definition) is 2. The van der Waals surface area contributed by atoms with Gasteiger partial charge < -0.3 is 17.0 Å².